The first-order chi connectivity index (χ1) is 13.0. The second-order valence-electron chi connectivity index (χ2n) is 8.03. The number of aromatic nitrogens is 3. The zero-order valence-electron chi connectivity index (χ0n) is 16.2. The van der Waals surface area contributed by atoms with Gasteiger partial charge in [-0.25, -0.2) is 14.8 Å². The van der Waals surface area contributed by atoms with Gasteiger partial charge in [0, 0.05) is 60.8 Å². The fourth-order valence-electron chi connectivity index (χ4n) is 4.60. The third kappa shape index (κ3) is 3.63. The van der Waals surface area contributed by atoms with Crippen LogP contribution in [0.25, 0.3) is 0 Å². The SMILES string of the molecule is Cc1[nH]c(CN2CCc3nc(C4CCCCC4)ncc3C2)c(C)c1C(=O)O. The molecule has 1 saturated carbocycles. The first kappa shape index (κ1) is 18.2. The van der Waals surface area contributed by atoms with Crippen LogP contribution in [0.3, 0.4) is 0 Å². The Labute approximate surface area is 160 Å². The normalized spacial score (nSPS) is 18.4. The maximum absolute atomic E-state index is 11.4. The van der Waals surface area contributed by atoms with E-state index in [1.165, 1.54) is 43.4 Å². The zero-order valence-corrected chi connectivity index (χ0v) is 16.2. The molecular formula is C21H28N4O2. The van der Waals surface area contributed by atoms with Crippen molar-refractivity contribution in [3.63, 3.8) is 0 Å². The summed E-state index contributed by atoms with van der Waals surface area (Å²) in [5, 5.41) is 9.38. The van der Waals surface area contributed by atoms with E-state index in [1.54, 1.807) is 0 Å². The van der Waals surface area contributed by atoms with Crippen molar-refractivity contribution in [2.75, 3.05) is 6.54 Å². The molecule has 0 unspecified atom stereocenters. The minimum Gasteiger partial charge on any atom is -0.478 e. The summed E-state index contributed by atoms with van der Waals surface area (Å²) >= 11 is 0. The number of nitrogens with one attached hydrogen (secondary N) is 1. The predicted molar refractivity (Wildman–Crippen MR) is 103 cm³/mol. The highest BCUT2D eigenvalue weighted by Crippen LogP contribution is 2.31. The lowest BCUT2D eigenvalue weighted by molar-refractivity contribution is 0.0695. The molecule has 0 atom stereocenters. The molecule has 0 radical (unpaired) electrons. The quantitative estimate of drug-likeness (QED) is 0.859. The third-order valence-corrected chi connectivity index (χ3v) is 6.14. The molecule has 0 spiro atoms. The average molecular weight is 368 g/mol. The molecule has 1 aliphatic heterocycles. The standard InChI is InChI=1S/C21H28N4O2/c1-13-18(23-14(2)19(13)21(26)27)12-25-9-8-17-16(11-25)10-22-20(24-17)15-6-4-3-5-7-15/h10,15,23H,3-9,11-12H2,1-2H3,(H,26,27). The van der Waals surface area contributed by atoms with Crippen LogP contribution in [0.5, 0.6) is 0 Å². The van der Waals surface area contributed by atoms with E-state index in [4.69, 9.17) is 9.97 Å². The summed E-state index contributed by atoms with van der Waals surface area (Å²) < 4.78 is 0. The molecule has 6 heteroatoms. The molecule has 0 bridgehead atoms. The van der Waals surface area contributed by atoms with Crippen molar-refractivity contribution in [1.29, 1.82) is 0 Å². The number of fused-ring (bicyclic) bond motifs is 1. The summed E-state index contributed by atoms with van der Waals surface area (Å²) in [5.74, 6) is 0.727. The first-order valence-electron chi connectivity index (χ1n) is 10.0. The van der Waals surface area contributed by atoms with Gasteiger partial charge >= 0.3 is 5.97 Å². The van der Waals surface area contributed by atoms with Gasteiger partial charge in [-0.3, -0.25) is 4.90 Å². The lowest BCUT2D eigenvalue weighted by atomic mass is 9.88. The summed E-state index contributed by atoms with van der Waals surface area (Å²) in [6, 6.07) is 0. The van der Waals surface area contributed by atoms with Gasteiger partial charge in [0.15, 0.2) is 0 Å². The fraction of sp³-hybridized carbons (Fsp3) is 0.571. The molecule has 2 aromatic rings. The summed E-state index contributed by atoms with van der Waals surface area (Å²) in [7, 11) is 0. The van der Waals surface area contributed by atoms with E-state index >= 15 is 0 Å². The molecule has 1 aliphatic carbocycles. The monoisotopic (exact) mass is 368 g/mol. The first-order valence-corrected chi connectivity index (χ1v) is 10.0. The zero-order chi connectivity index (χ0) is 19.0. The molecule has 3 heterocycles. The smallest absolute Gasteiger partial charge is 0.337 e. The van der Waals surface area contributed by atoms with E-state index in [1.807, 2.05) is 20.0 Å². The van der Waals surface area contributed by atoms with Crippen LogP contribution in [-0.4, -0.2) is 37.5 Å². The molecule has 2 aliphatic rings. The van der Waals surface area contributed by atoms with Crippen molar-refractivity contribution in [1.82, 2.24) is 19.9 Å². The van der Waals surface area contributed by atoms with Crippen LogP contribution >= 0.6 is 0 Å². The second kappa shape index (κ2) is 7.43. The molecule has 4 rings (SSSR count). The molecule has 2 N–H and O–H groups in total. The Morgan fingerprint density at radius 2 is 2.07 bits per heavy atom. The van der Waals surface area contributed by atoms with E-state index in [-0.39, 0.29) is 0 Å². The minimum atomic E-state index is -0.861. The Kier molecular flexibility index (Phi) is 5.00. The van der Waals surface area contributed by atoms with Crippen molar-refractivity contribution in [2.45, 2.75) is 71.4 Å². The Bertz CT molecular complexity index is 852. The topological polar surface area (TPSA) is 82.1 Å². The van der Waals surface area contributed by atoms with Crippen molar-refractivity contribution in [3.05, 3.63) is 45.8 Å². The summed E-state index contributed by atoms with van der Waals surface area (Å²) in [5.41, 5.74) is 5.38. The Hall–Kier alpha value is -2.21. The number of rotatable bonds is 4. The molecule has 0 saturated heterocycles. The fourth-order valence-corrected chi connectivity index (χ4v) is 4.60. The van der Waals surface area contributed by atoms with E-state index in [2.05, 4.69) is 9.88 Å². The van der Waals surface area contributed by atoms with E-state index in [0.717, 1.165) is 48.8 Å². The van der Waals surface area contributed by atoms with Gasteiger partial charge < -0.3 is 10.1 Å². The van der Waals surface area contributed by atoms with E-state index in [0.29, 0.717) is 11.5 Å². The largest absolute Gasteiger partial charge is 0.478 e. The Morgan fingerprint density at radius 3 is 2.78 bits per heavy atom. The number of aromatic amines is 1. The molecule has 27 heavy (non-hydrogen) atoms. The highest BCUT2D eigenvalue weighted by molar-refractivity contribution is 5.91. The predicted octanol–water partition coefficient (Wildman–Crippen LogP) is 3.73. The summed E-state index contributed by atoms with van der Waals surface area (Å²) in [6.07, 6.45) is 9.34. The van der Waals surface area contributed by atoms with Crippen LogP contribution in [0.15, 0.2) is 6.20 Å². The van der Waals surface area contributed by atoms with Gasteiger partial charge in [-0.15, -0.1) is 0 Å². The number of carbonyl (C=O) groups is 1. The highest BCUT2D eigenvalue weighted by Gasteiger charge is 2.24. The van der Waals surface area contributed by atoms with E-state index in [9.17, 15) is 9.90 Å². The third-order valence-electron chi connectivity index (χ3n) is 6.14. The van der Waals surface area contributed by atoms with Gasteiger partial charge in [0.05, 0.1) is 5.56 Å². The maximum Gasteiger partial charge on any atom is 0.337 e. The lowest BCUT2D eigenvalue weighted by Crippen LogP contribution is -2.31. The Morgan fingerprint density at radius 1 is 1.30 bits per heavy atom. The van der Waals surface area contributed by atoms with Gasteiger partial charge in [-0.1, -0.05) is 19.3 Å². The van der Waals surface area contributed by atoms with Crippen LogP contribution < -0.4 is 0 Å². The lowest BCUT2D eigenvalue weighted by Gasteiger charge is -2.29. The van der Waals surface area contributed by atoms with Crippen molar-refractivity contribution in [3.8, 4) is 0 Å². The number of carboxylic acids is 1. The summed E-state index contributed by atoms with van der Waals surface area (Å²) in [4.78, 5) is 26.6. The maximum atomic E-state index is 11.4. The Balaban J connectivity index is 1.47. The van der Waals surface area contributed by atoms with Crippen molar-refractivity contribution >= 4 is 5.97 Å². The van der Waals surface area contributed by atoms with Crippen LogP contribution in [0.4, 0.5) is 0 Å². The van der Waals surface area contributed by atoms with E-state index < -0.39 is 5.97 Å². The number of aryl methyl sites for hydroxylation is 1. The highest BCUT2D eigenvalue weighted by atomic mass is 16.4. The number of hydrogen-bond donors (Lipinski definition) is 2. The van der Waals surface area contributed by atoms with Gasteiger partial charge in [0.25, 0.3) is 0 Å². The van der Waals surface area contributed by atoms with Crippen LogP contribution in [0.2, 0.25) is 0 Å². The summed E-state index contributed by atoms with van der Waals surface area (Å²) in [6.45, 7) is 6.20. The van der Waals surface area contributed by atoms with Crippen molar-refractivity contribution < 1.29 is 9.90 Å². The van der Waals surface area contributed by atoms with Crippen LogP contribution in [0.1, 0.15) is 82.4 Å². The molecule has 1 fully saturated rings. The van der Waals surface area contributed by atoms with Crippen LogP contribution in [0, 0.1) is 13.8 Å². The molecule has 6 nitrogen and oxygen atoms in total. The minimum absolute atomic E-state index is 0.405. The van der Waals surface area contributed by atoms with Gasteiger partial charge in [-0.05, 0) is 32.3 Å². The number of nitrogens with zero attached hydrogens (tertiary/aromatic N) is 3. The number of aromatic carboxylic acids is 1. The van der Waals surface area contributed by atoms with Gasteiger partial charge in [0.2, 0.25) is 0 Å². The number of H-pyrrole nitrogens is 1. The van der Waals surface area contributed by atoms with Crippen LogP contribution in [-0.2, 0) is 19.5 Å². The molecular weight excluding hydrogens is 340 g/mol. The molecule has 2 aromatic heterocycles. The molecule has 144 valence electrons. The molecule has 0 amide bonds. The van der Waals surface area contributed by atoms with Gasteiger partial charge in [-0.2, -0.15) is 0 Å². The number of hydrogen-bond acceptors (Lipinski definition) is 4. The average Bonchev–Trinajstić information content (AvgIpc) is 2.95. The van der Waals surface area contributed by atoms with Gasteiger partial charge in [0.1, 0.15) is 5.82 Å². The van der Waals surface area contributed by atoms with Crippen molar-refractivity contribution in [2.24, 2.45) is 0 Å². The molecule has 0 aromatic carbocycles. The number of carboxylic acid groups (broad SMARTS) is 1. The second-order valence-corrected chi connectivity index (χ2v) is 8.03.